The van der Waals surface area contributed by atoms with E-state index in [-0.39, 0.29) is 18.1 Å². The quantitative estimate of drug-likeness (QED) is 0.919. The highest BCUT2D eigenvalue weighted by molar-refractivity contribution is 5.69. The minimum Gasteiger partial charge on any atom is -0.494 e. The molecule has 1 saturated heterocycles. The molecule has 1 aromatic carbocycles. The third kappa shape index (κ3) is 2.97. The molecule has 1 aliphatic carbocycles. The standard InChI is InChI=1S/C19H27NO4/c1-3-24-16-10-5-4-8-14(16)17-15-9-6-7-11-19(15,22)12-13-20(17)18(21)23-2/h4-5,8,10,15,17,22H,3,6-7,9,11-13H2,1-2H3/t15-,17-,19+/m1/s1. The minimum atomic E-state index is -0.702. The van der Waals surface area contributed by atoms with Crippen molar-refractivity contribution in [1.29, 1.82) is 0 Å². The number of carbonyl (C=O) groups excluding carboxylic acids is 1. The molecule has 1 heterocycles. The number of hydrogen-bond donors (Lipinski definition) is 1. The molecule has 5 nitrogen and oxygen atoms in total. The normalized spacial score (nSPS) is 29.7. The van der Waals surface area contributed by atoms with Gasteiger partial charge in [-0.2, -0.15) is 0 Å². The Morgan fingerprint density at radius 2 is 2.12 bits per heavy atom. The molecule has 0 unspecified atom stereocenters. The molecule has 0 spiro atoms. The van der Waals surface area contributed by atoms with E-state index in [9.17, 15) is 9.90 Å². The lowest BCUT2D eigenvalue weighted by molar-refractivity contribution is -0.118. The van der Waals surface area contributed by atoms with Crippen molar-refractivity contribution in [3.05, 3.63) is 29.8 Å². The maximum Gasteiger partial charge on any atom is 0.410 e. The Morgan fingerprint density at radius 1 is 1.33 bits per heavy atom. The lowest BCUT2D eigenvalue weighted by Gasteiger charge is -2.52. The topological polar surface area (TPSA) is 59.0 Å². The zero-order chi connectivity index (χ0) is 17.2. The molecule has 1 amide bonds. The number of benzene rings is 1. The highest BCUT2D eigenvalue weighted by Gasteiger charge is 2.51. The van der Waals surface area contributed by atoms with Gasteiger partial charge in [-0.05, 0) is 32.3 Å². The molecule has 2 aliphatic rings. The average Bonchev–Trinajstić information content (AvgIpc) is 2.60. The van der Waals surface area contributed by atoms with Gasteiger partial charge in [0.05, 0.1) is 25.4 Å². The van der Waals surface area contributed by atoms with Gasteiger partial charge in [0.2, 0.25) is 0 Å². The maximum atomic E-state index is 12.4. The molecule has 3 rings (SSSR count). The number of hydrogen-bond acceptors (Lipinski definition) is 4. The fraction of sp³-hybridized carbons (Fsp3) is 0.632. The zero-order valence-electron chi connectivity index (χ0n) is 14.5. The van der Waals surface area contributed by atoms with Crippen LogP contribution in [0.25, 0.3) is 0 Å². The van der Waals surface area contributed by atoms with E-state index in [0.29, 0.717) is 19.6 Å². The number of ether oxygens (including phenoxy) is 2. The lowest BCUT2D eigenvalue weighted by atomic mass is 9.66. The number of aliphatic hydroxyl groups is 1. The SMILES string of the molecule is CCOc1ccccc1[C@@H]1[C@H]2CCCC[C@]2(O)CCN1C(=O)OC. The van der Waals surface area contributed by atoms with Crippen molar-refractivity contribution in [3.8, 4) is 5.75 Å². The van der Waals surface area contributed by atoms with Gasteiger partial charge >= 0.3 is 6.09 Å². The van der Waals surface area contributed by atoms with Crippen LogP contribution in [0.2, 0.25) is 0 Å². The van der Waals surface area contributed by atoms with Crippen molar-refractivity contribution in [2.24, 2.45) is 5.92 Å². The Morgan fingerprint density at radius 3 is 2.88 bits per heavy atom. The first-order valence-corrected chi connectivity index (χ1v) is 8.89. The number of amides is 1. The van der Waals surface area contributed by atoms with E-state index in [2.05, 4.69) is 0 Å². The van der Waals surface area contributed by atoms with Crippen LogP contribution in [0.5, 0.6) is 5.75 Å². The van der Waals surface area contributed by atoms with E-state index in [4.69, 9.17) is 9.47 Å². The van der Waals surface area contributed by atoms with Crippen LogP contribution in [-0.4, -0.2) is 42.0 Å². The summed E-state index contributed by atoms with van der Waals surface area (Å²) in [5.41, 5.74) is 0.266. The summed E-state index contributed by atoms with van der Waals surface area (Å²) in [6.07, 6.45) is 4.12. The molecule has 1 N–H and O–H groups in total. The second kappa shape index (κ2) is 7.01. The summed E-state index contributed by atoms with van der Waals surface area (Å²) in [4.78, 5) is 14.1. The fourth-order valence-corrected chi connectivity index (χ4v) is 4.40. The third-order valence-electron chi connectivity index (χ3n) is 5.51. The van der Waals surface area contributed by atoms with Gasteiger partial charge in [0.15, 0.2) is 0 Å². The lowest BCUT2D eigenvalue weighted by Crippen LogP contribution is -2.56. The number of likely N-dealkylation sites (tertiary alicyclic amines) is 1. The van der Waals surface area contributed by atoms with Crippen LogP contribution in [0.3, 0.4) is 0 Å². The Hall–Kier alpha value is -1.75. The molecule has 2 fully saturated rings. The van der Waals surface area contributed by atoms with Gasteiger partial charge in [-0.15, -0.1) is 0 Å². The second-order valence-electron chi connectivity index (χ2n) is 6.78. The molecule has 0 aromatic heterocycles. The summed E-state index contributed by atoms with van der Waals surface area (Å²) < 4.78 is 10.8. The van der Waals surface area contributed by atoms with Crippen LogP contribution in [0, 0.1) is 5.92 Å². The summed E-state index contributed by atoms with van der Waals surface area (Å²) in [7, 11) is 1.41. The van der Waals surface area contributed by atoms with Crippen molar-refractivity contribution in [1.82, 2.24) is 4.90 Å². The van der Waals surface area contributed by atoms with Crippen LogP contribution >= 0.6 is 0 Å². The molecule has 1 aliphatic heterocycles. The molecular weight excluding hydrogens is 306 g/mol. The summed E-state index contributed by atoms with van der Waals surface area (Å²) in [5, 5.41) is 11.2. The molecular formula is C19H27NO4. The number of carbonyl (C=O) groups is 1. The number of rotatable bonds is 3. The Balaban J connectivity index is 2.05. The van der Waals surface area contributed by atoms with E-state index in [1.54, 1.807) is 4.90 Å². The summed E-state index contributed by atoms with van der Waals surface area (Å²) in [5.74, 6) is 0.800. The monoisotopic (exact) mass is 333 g/mol. The molecule has 5 heteroatoms. The third-order valence-corrected chi connectivity index (χ3v) is 5.51. The first-order chi connectivity index (χ1) is 11.6. The highest BCUT2D eigenvalue weighted by atomic mass is 16.5. The molecule has 1 aromatic rings. The number of piperidine rings is 1. The largest absolute Gasteiger partial charge is 0.494 e. The maximum absolute atomic E-state index is 12.4. The van der Waals surface area contributed by atoms with Gasteiger partial charge in [0.25, 0.3) is 0 Å². The average molecular weight is 333 g/mol. The predicted molar refractivity (Wildman–Crippen MR) is 91.0 cm³/mol. The zero-order valence-corrected chi connectivity index (χ0v) is 14.5. The van der Waals surface area contributed by atoms with E-state index in [1.165, 1.54) is 7.11 Å². The molecule has 24 heavy (non-hydrogen) atoms. The molecule has 132 valence electrons. The van der Waals surface area contributed by atoms with Crippen molar-refractivity contribution in [2.45, 2.75) is 50.7 Å². The van der Waals surface area contributed by atoms with Gasteiger partial charge in [-0.25, -0.2) is 4.79 Å². The predicted octanol–water partition coefficient (Wildman–Crippen LogP) is 3.52. The number of methoxy groups -OCH3 is 1. The van der Waals surface area contributed by atoms with Crippen LogP contribution in [0.1, 0.15) is 50.6 Å². The van der Waals surface area contributed by atoms with Gasteiger partial charge in [-0.3, -0.25) is 0 Å². The molecule has 0 bridgehead atoms. The van der Waals surface area contributed by atoms with Crippen LogP contribution in [0.4, 0.5) is 4.79 Å². The highest BCUT2D eigenvalue weighted by Crippen LogP contribution is 2.50. The number of fused-ring (bicyclic) bond motifs is 1. The first kappa shape index (κ1) is 17.1. The Labute approximate surface area is 143 Å². The smallest absolute Gasteiger partial charge is 0.410 e. The summed E-state index contributed by atoms with van der Waals surface area (Å²) in [6, 6.07) is 7.63. The Kier molecular flexibility index (Phi) is 4.99. The summed E-state index contributed by atoms with van der Waals surface area (Å²) in [6.45, 7) is 3.02. The van der Waals surface area contributed by atoms with Gasteiger partial charge in [0.1, 0.15) is 5.75 Å². The van der Waals surface area contributed by atoms with E-state index < -0.39 is 5.60 Å². The first-order valence-electron chi connectivity index (χ1n) is 8.89. The van der Waals surface area contributed by atoms with E-state index in [0.717, 1.165) is 37.0 Å². The molecule has 0 radical (unpaired) electrons. The van der Waals surface area contributed by atoms with Gasteiger partial charge < -0.3 is 19.5 Å². The van der Waals surface area contributed by atoms with Gasteiger partial charge in [0, 0.05) is 18.0 Å². The van der Waals surface area contributed by atoms with E-state index >= 15 is 0 Å². The van der Waals surface area contributed by atoms with Crippen molar-refractivity contribution >= 4 is 6.09 Å². The van der Waals surface area contributed by atoms with Crippen molar-refractivity contribution in [2.75, 3.05) is 20.3 Å². The number of nitrogens with zero attached hydrogens (tertiary/aromatic N) is 1. The second-order valence-corrected chi connectivity index (χ2v) is 6.78. The van der Waals surface area contributed by atoms with Crippen molar-refractivity contribution < 1.29 is 19.4 Å². The molecule has 1 saturated carbocycles. The Bertz CT molecular complexity index is 590. The number of para-hydroxylation sites is 1. The van der Waals surface area contributed by atoms with Gasteiger partial charge in [-0.1, -0.05) is 31.0 Å². The van der Waals surface area contributed by atoms with Crippen LogP contribution < -0.4 is 4.74 Å². The van der Waals surface area contributed by atoms with Crippen molar-refractivity contribution in [3.63, 3.8) is 0 Å². The van der Waals surface area contributed by atoms with Crippen LogP contribution in [-0.2, 0) is 4.74 Å². The fourth-order valence-electron chi connectivity index (χ4n) is 4.40. The molecule has 3 atom stereocenters. The van der Waals surface area contributed by atoms with E-state index in [1.807, 2.05) is 31.2 Å². The summed E-state index contributed by atoms with van der Waals surface area (Å²) >= 11 is 0. The van der Waals surface area contributed by atoms with Crippen LogP contribution in [0.15, 0.2) is 24.3 Å². The minimum absolute atomic E-state index is 0.0145.